The highest BCUT2D eigenvalue weighted by Crippen LogP contribution is 2.26. The van der Waals surface area contributed by atoms with E-state index in [0.717, 1.165) is 11.8 Å². The van der Waals surface area contributed by atoms with E-state index in [1.54, 1.807) is 18.2 Å². The molecule has 0 fully saturated rings. The van der Waals surface area contributed by atoms with E-state index in [2.05, 4.69) is 4.72 Å². The van der Waals surface area contributed by atoms with Gasteiger partial charge in [-0.15, -0.1) is 11.8 Å². The normalized spacial score (nSPS) is 12.6. The van der Waals surface area contributed by atoms with Crippen LogP contribution in [0.1, 0.15) is 0 Å². The first-order chi connectivity index (χ1) is 8.26. The maximum Gasteiger partial charge on any atom is 0.241 e. The lowest BCUT2D eigenvalue weighted by molar-refractivity contribution is 0.586. The average molecular weight is 330 g/mol. The van der Waals surface area contributed by atoms with Crippen LogP contribution in [0.25, 0.3) is 0 Å². The second-order valence-corrected chi connectivity index (χ2v) is 9.13. The van der Waals surface area contributed by atoms with E-state index in [1.807, 2.05) is 0 Å². The smallest absolute Gasteiger partial charge is 0.214 e. The number of nitrogens with one attached hydrogen (secondary N) is 1. The molecular weight excluding hydrogens is 318 g/mol. The fourth-order valence-electron chi connectivity index (χ4n) is 1.15. The summed E-state index contributed by atoms with van der Waals surface area (Å²) in [5.41, 5.74) is 0. The summed E-state index contributed by atoms with van der Waals surface area (Å²) in [7, 11) is -0.706. The molecule has 9 heteroatoms. The third kappa shape index (κ3) is 4.77. The average Bonchev–Trinajstić information content (AvgIpc) is 2.28. The minimum Gasteiger partial charge on any atom is -0.214 e. The van der Waals surface area contributed by atoms with Gasteiger partial charge in [0.1, 0.15) is 0 Å². The zero-order valence-electron chi connectivity index (χ0n) is 9.46. The highest BCUT2D eigenvalue weighted by atomic mass is 35.7. The van der Waals surface area contributed by atoms with E-state index in [1.165, 1.54) is 13.1 Å². The molecule has 1 N–H and O–H groups in total. The number of sulfonamides is 1. The maximum atomic E-state index is 11.7. The molecule has 0 unspecified atom stereocenters. The molecule has 0 heterocycles. The van der Waals surface area contributed by atoms with Crippen LogP contribution < -0.4 is 4.72 Å². The van der Waals surface area contributed by atoms with Crippen LogP contribution in [0.15, 0.2) is 34.1 Å². The van der Waals surface area contributed by atoms with Crippen molar-refractivity contribution in [3.8, 4) is 0 Å². The molecule has 102 valence electrons. The summed E-state index contributed by atoms with van der Waals surface area (Å²) in [6.45, 7) is 0. The van der Waals surface area contributed by atoms with Crippen molar-refractivity contribution in [1.82, 2.24) is 4.72 Å². The van der Waals surface area contributed by atoms with Gasteiger partial charge >= 0.3 is 0 Å². The molecule has 0 bridgehead atoms. The summed E-state index contributed by atoms with van der Waals surface area (Å²) in [5, 5.41) is 0. The van der Waals surface area contributed by atoms with E-state index in [-0.39, 0.29) is 16.4 Å². The minimum absolute atomic E-state index is 0.129. The van der Waals surface area contributed by atoms with Gasteiger partial charge in [0.2, 0.25) is 19.1 Å². The molecule has 18 heavy (non-hydrogen) atoms. The first-order valence-electron chi connectivity index (χ1n) is 4.84. The molecule has 0 aliphatic carbocycles. The summed E-state index contributed by atoms with van der Waals surface area (Å²) >= 11 is 1.13. The Morgan fingerprint density at radius 2 is 1.83 bits per heavy atom. The molecular formula is C9H12ClNO4S3. The molecule has 0 aromatic heterocycles. The van der Waals surface area contributed by atoms with Gasteiger partial charge in [-0.25, -0.2) is 21.6 Å². The molecule has 1 aromatic carbocycles. The standard InChI is InChI=1S/C9H12ClNO4S3/c1-11-18(14,15)9-5-3-2-4-8(9)16-6-7-17(10,12)13/h2-5,11H,6-7H2,1H3. The molecule has 0 aliphatic rings. The van der Waals surface area contributed by atoms with Gasteiger partial charge in [0.15, 0.2) is 0 Å². The van der Waals surface area contributed by atoms with Crippen molar-refractivity contribution in [2.24, 2.45) is 0 Å². The maximum absolute atomic E-state index is 11.7. The Kier molecular flexibility index (Phi) is 5.47. The van der Waals surface area contributed by atoms with Gasteiger partial charge in [-0.3, -0.25) is 0 Å². The largest absolute Gasteiger partial charge is 0.241 e. The number of hydrogen-bond donors (Lipinski definition) is 1. The lowest BCUT2D eigenvalue weighted by Gasteiger charge is -2.08. The van der Waals surface area contributed by atoms with Crippen LogP contribution in [0, 0.1) is 0 Å². The second-order valence-electron chi connectivity index (χ2n) is 3.25. The minimum atomic E-state index is -3.56. The van der Waals surface area contributed by atoms with Crippen LogP contribution in [-0.4, -0.2) is 35.4 Å². The van der Waals surface area contributed by atoms with E-state index in [0.29, 0.717) is 4.90 Å². The Morgan fingerprint density at radius 3 is 2.39 bits per heavy atom. The van der Waals surface area contributed by atoms with Crippen molar-refractivity contribution in [2.75, 3.05) is 18.6 Å². The Hall–Kier alpha value is -0.280. The van der Waals surface area contributed by atoms with Crippen molar-refractivity contribution < 1.29 is 16.8 Å². The first kappa shape index (κ1) is 15.8. The molecule has 0 amide bonds. The monoisotopic (exact) mass is 329 g/mol. The number of rotatable bonds is 6. The Morgan fingerprint density at radius 1 is 1.22 bits per heavy atom. The molecule has 0 atom stereocenters. The zero-order chi connectivity index (χ0) is 13.8. The topological polar surface area (TPSA) is 80.3 Å². The number of halogens is 1. The number of benzene rings is 1. The zero-order valence-corrected chi connectivity index (χ0v) is 12.7. The van der Waals surface area contributed by atoms with Gasteiger partial charge in [0.25, 0.3) is 0 Å². The second kappa shape index (κ2) is 6.25. The van der Waals surface area contributed by atoms with Crippen LogP contribution in [0.3, 0.4) is 0 Å². The van der Waals surface area contributed by atoms with Crippen LogP contribution in [0.2, 0.25) is 0 Å². The Labute approximate surface area is 115 Å². The van der Waals surface area contributed by atoms with Crippen molar-refractivity contribution in [1.29, 1.82) is 0 Å². The SMILES string of the molecule is CNS(=O)(=O)c1ccccc1SCCS(=O)(=O)Cl. The van der Waals surface area contributed by atoms with E-state index < -0.39 is 19.1 Å². The molecule has 1 aromatic rings. The molecule has 0 aliphatic heterocycles. The Balaban J connectivity index is 2.91. The van der Waals surface area contributed by atoms with E-state index >= 15 is 0 Å². The lowest BCUT2D eigenvalue weighted by Crippen LogP contribution is -2.19. The van der Waals surface area contributed by atoms with Gasteiger partial charge < -0.3 is 0 Å². The summed E-state index contributed by atoms with van der Waals surface area (Å²) in [4.78, 5) is 0.622. The van der Waals surface area contributed by atoms with Crippen molar-refractivity contribution >= 4 is 41.5 Å². The van der Waals surface area contributed by atoms with Crippen molar-refractivity contribution in [2.45, 2.75) is 9.79 Å². The molecule has 0 spiro atoms. The fourth-order valence-corrected chi connectivity index (χ4v) is 4.77. The summed E-state index contributed by atoms with van der Waals surface area (Å²) in [6, 6.07) is 6.37. The molecule has 1 rings (SSSR count). The molecule has 5 nitrogen and oxygen atoms in total. The van der Waals surface area contributed by atoms with Crippen molar-refractivity contribution in [3.63, 3.8) is 0 Å². The summed E-state index contributed by atoms with van der Waals surface area (Å²) in [6.07, 6.45) is 0. The third-order valence-corrected chi connectivity index (χ3v) is 6.08. The quantitative estimate of drug-likeness (QED) is 0.627. The fraction of sp³-hybridized carbons (Fsp3) is 0.333. The summed E-state index contributed by atoms with van der Waals surface area (Å²) < 4.78 is 47.2. The number of thioether (sulfide) groups is 1. The summed E-state index contributed by atoms with van der Waals surface area (Å²) in [5.74, 6) is -0.0186. The van der Waals surface area contributed by atoms with Crippen LogP contribution >= 0.6 is 22.4 Å². The van der Waals surface area contributed by atoms with Crippen LogP contribution in [0.5, 0.6) is 0 Å². The van der Waals surface area contributed by atoms with Crippen molar-refractivity contribution in [3.05, 3.63) is 24.3 Å². The highest BCUT2D eigenvalue weighted by molar-refractivity contribution is 8.14. The van der Waals surface area contributed by atoms with Crippen LogP contribution in [-0.2, 0) is 19.1 Å². The van der Waals surface area contributed by atoms with Gasteiger partial charge in [-0.05, 0) is 19.2 Å². The highest BCUT2D eigenvalue weighted by Gasteiger charge is 2.16. The van der Waals surface area contributed by atoms with E-state index in [9.17, 15) is 16.8 Å². The van der Waals surface area contributed by atoms with Gasteiger partial charge in [-0.1, -0.05) is 12.1 Å². The number of hydrogen-bond acceptors (Lipinski definition) is 5. The molecule has 0 radical (unpaired) electrons. The Bertz CT molecular complexity index is 612. The predicted molar refractivity (Wildman–Crippen MR) is 73.1 cm³/mol. The third-order valence-electron chi connectivity index (χ3n) is 1.99. The van der Waals surface area contributed by atoms with E-state index in [4.69, 9.17) is 10.7 Å². The predicted octanol–water partition coefficient (Wildman–Crippen LogP) is 1.26. The van der Waals surface area contributed by atoms with Gasteiger partial charge in [0.05, 0.1) is 10.6 Å². The molecule has 0 saturated carbocycles. The molecule has 0 saturated heterocycles. The van der Waals surface area contributed by atoms with Crippen LogP contribution in [0.4, 0.5) is 0 Å². The van der Waals surface area contributed by atoms with Gasteiger partial charge in [-0.2, -0.15) is 0 Å². The van der Waals surface area contributed by atoms with Gasteiger partial charge in [0, 0.05) is 21.3 Å². The first-order valence-corrected chi connectivity index (χ1v) is 9.79. The lowest BCUT2D eigenvalue weighted by atomic mass is 10.4.